The number of nitrogens with zero attached hydrogens (tertiary/aromatic N) is 4. The SMILES string of the molecule is O=[N+]([O-])c1cccc(CN2CCN(c3ccc(S(=O)(=O)Cc4cccc(F)c4)cc3[N+](=O)[O-])CC2)c1. The molecule has 1 aliphatic heterocycles. The Morgan fingerprint density at radius 3 is 2.19 bits per heavy atom. The number of hydrogen-bond donors (Lipinski definition) is 0. The molecule has 4 rings (SSSR count). The topological polar surface area (TPSA) is 127 Å². The third kappa shape index (κ3) is 5.83. The number of halogens is 1. The summed E-state index contributed by atoms with van der Waals surface area (Å²) in [4.78, 5) is 25.5. The Bertz CT molecular complexity index is 1410. The smallest absolute Gasteiger partial charge is 0.293 e. The van der Waals surface area contributed by atoms with Crippen molar-refractivity contribution in [2.75, 3.05) is 31.1 Å². The van der Waals surface area contributed by atoms with Crippen molar-refractivity contribution in [1.29, 1.82) is 0 Å². The zero-order chi connectivity index (χ0) is 25.9. The molecule has 0 spiro atoms. The summed E-state index contributed by atoms with van der Waals surface area (Å²) in [6.45, 7) is 2.57. The van der Waals surface area contributed by atoms with E-state index in [1.165, 1.54) is 42.5 Å². The van der Waals surface area contributed by atoms with Gasteiger partial charge in [-0.3, -0.25) is 25.1 Å². The molecule has 1 fully saturated rings. The van der Waals surface area contributed by atoms with Crippen molar-refractivity contribution >= 4 is 26.9 Å². The molecular weight excluding hydrogens is 491 g/mol. The molecule has 3 aromatic carbocycles. The normalized spacial score (nSPS) is 14.5. The minimum atomic E-state index is -3.93. The molecule has 1 aliphatic rings. The lowest BCUT2D eigenvalue weighted by Gasteiger charge is -2.35. The zero-order valence-corrected chi connectivity index (χ0v) is 19.9. The molecular formula is C24H23FN4O6S. The average Bonchev–Trinajstić information content (AvgIpc) is 2.84. The maximum Gasteiger partial charge on any atom is 0.293 e. The van der Waals surface area contributed by atoms with Gasteiger partial charge in [-0.25, -0.2) is 12.8 Å². The summed E-state index contributed by atoms with van der Waals surface area (Å²) in [5.74, 6) is -1.04. The number of sulfone groups is 1. The standard InChI is InChI=1S/C24H23FN4O6S/c25-20-5-1-4-19(13-20)17-36(34,35)22-7-8-23(24(15-22)29(32)33)27-11-9-26(10-12-27)16-18-3-2-6-21(14-18)28(30)31/h1-8,13-15H,9-12,16-17H2. The lowest BCUT2D eigenvalue weighted by atomic mass is 10.1. The molecule has 0 saturated carbocycles. The first kappa shape index (κ1) is 25.2. The predicted octanol–water partition coefficient (Wildman–Crippen LogP) is 3.94. The quantitative estimate of drug-likeness (QED) is 0.327. The fraction of sp³-hybridized carbons (Fsp3) is 0.250. The maximum absolute atomic E-state index is 13.5. The molecule has 188 valence electrons. The molecule has 0 amide bonds. The molecule has 36 heavy (non-hydrogen) atoms. The van der Waals surface area contributed by atoms with Crippen LogP contribution in [0.5, 0.6) is 0 Å². The van der Waals surface area contributed by atoms with Gasteiger partial charge in [0.2, 0.25) is 0 Å². The van der Waals surface area contributed by atoms with Gasteiger partial charge in [0.05, 0.1) is 20.5 Å². The zero-order valence-electron chi connectivity index (χ0n) is 19.1. The van der Waals surface area contributed by atoms with Crippen LogP contribution in [0, 0.1) is 26.0 Å². The molecule has 10 nitrogen and oxygen atoms in total. The minimum absolute atomic E-state index is 0.0224. The predicted molar refractivity (Wildman–Crippen MR) is 131 cm³/mol. The van der Waals surface area contributed by atoms with E-state index in [1.54, 1.807) is 6.07 Å². The summed E-state index contributed by atoms with van der Waals surface area (Å²) in [5, 5.41) is 22.8. The first-order valence-electron chi connectivity index (χ1n) is 11.1. The summed E-state index contributed by atoms with van der Waals surface area (Å²) >= 11 is 0. The van der Waals surface area contributed by atoms with Crippen LogP contribution in [0.4, 0.5) is 21.5 Å². The van der Waals surface area contributed by atoms with Crippen LogP contribution in [0.3, 0.4) is 0 Å². The van der Waals surface area contributed by atoms with Crippen molar-refractivity contribution in [3.8, 4) is 0 Å². The Morgan fingerprint density at radius 2 is 1.53 bits per heavy atom. The molecule has 0 bridgehead atoms. The number of rotatable bonds is 8. The first-order chi connectivity index (χ1) is 17.1. The highest BCUT2D eigenvalue weighted by molar-refractivity contribution is 7.90. The van der Waals surface area contributed by atoms with E-state index in [2.05, 4.69) is 4.90 Å². The molecule has 0 aromatic heterocycles. The van der Waals surface area contributed by atoms with Crippen LogP contribution in [0.2, 0.25) is 0 Å². The van der Waals surface area contributed by atoms with Gasteiger partial charge in [0.25, 0.3) is 11.4 Å². The largest absolute Gasteiger partial charge is 0.363 e. The van der Waals surface area contributed by atoms with Gasteiger partial charge in [0.15, 0.2) is 9.84 Å². The van der Waals surface area contributed by atoms with E-state index >= 15 is 0 Å². The molecule has 12 heteroatoms. The average molecular weight is 515 g/mol. The molecule has 0 radical (unpaired) electrons. The summed E-state index contributed by atoms with van der Waals surface area (Å²) in [5.41, 5.74) is 1.08. The highest BCUT2D eigenvalue weighted by Crippen LogP contribution is 2.32. The van der Waals surface area contributed by atoms with Crippen LogP contribution in [0.15, 0.2) is 71.6 Å². The van der Waals surface area contributed by atoms with Gasteiger partial charge in [0, 0.05) is 50.9 Å². The van der Waals surface area contributed by atoms with Crippen molar-refractivity contribution in [3.05, 3.63) is 104 Å². The maximum atomic E-state index is 13.5. The Labute approximate surface area is 206 Å². The van der Waals surface area contributed by atoms with Crippen molar-refractivity contribution in [2.45, 2.75) is 17.2 Å². The number of nitro groups is 2. The number of non-ortho nitro benzene ring substituents is 1. The second-order valence-electron chi connectivity index (χ2n) is 8.49. The Hall–Kier alpha value is -3.90. The molecule has 0 atom stereocenters. The van der Waals surface area contributed by atoms with Crippen LogP contribution < -0.4 is 4.90 Å². The summed E-state index contributed by atoms with van der Waals surface area (Å²) < 4.78 is 39.2. The van der Waals surface area contributed by atoms with Crippen molar-refractivity contribution in [2.24, 2.45) is 0 Å². The van der Waals surface area contributed by atoms with E-state index in [-0.39, 0.29) is 21.8 Å². The van der Waals surface area contributed by atoms with Crippen LogP contribution >= 0.6 is 0 Å². The number of anilines is 1. The van der Waals surface area contributed by atoms with Crippen molar-refractivity contribution in [3.63, 3.8) is 0 Å². The first-order valence-corrected chi connectivity index (χ1v) is 12.7. The van der Waals surface area contributed by atoms with Crippen LogP contribution in [0.1, 0.15) is 11.1 Å². The summed E-state index contributed by atoms with van der Waals surface area (Å²) in [6.07, 6.45) is 0. The molecule has 1 saturated heterocycles. The molecule has 1 heterocycles. The number of nitro benzene ring substituents is 2. The van der Waals surface area contributed by atoms with Crippen LogP contribution in [0.25, 0.3) is 0 Å². The molecule has 3 aromatic rings. The third-order valence-electron chi connectivity index (χ3n) is 5.99. The van der Waals surface area contributed by atoms with E-state index in [4.69, 9.17) is 0 Å². The van der Waals surface area contributed by atoms with Crippen LogP contribution in [-0.2, 0) is 22.1 Å². The molecule has 0 N–H and O–H groups in total. The van der Waals surface area contributed by atoms with Gasteiger partial charge >= 0.3 is 0 Å². The van der Waals surface area contributed by atoms with Crippen LogP contribution in [-0.4, -0.2) is 49.3 Å². The lowest BCUT2D eigenvalue weighted by molar-refractivity contribution is -0.385. The Balaban J connectivity index is 1.48. The summed E-state index contributed by atoms with van der Waals surface area (Å²) in [7, 11) is -3.93. The van der Waals surface area contributed by atoms with Crippen molar-refractivity contribution in [1.82, 2.24) is 4.90 Å². The summed E-state index contributed by atoms with van der Waals surface area (Å²) in [6, 6.07) is 15.5. The van der Waals surface area contributed by atoms with Gasteiger partial charge in [-0.1, -0.05) is 24.3 Å². The van der Waals surface area contributed by atoms with E-state index in [1.807, 2.05) is 11.0 Å². The highest BCUT2D eigenvalue weighted by Gasteiger charge is 2.27. The number of piperazine rings is 1. The second kappa shape index (κ2) is 10.4. The van der Waals surface area contributed by atoms with E-state index in [0.29, 0.717) is 38.4 Å². The van der Waals surface area contributed by atoms with Gasteiger partial charge in [-0.15, -0.1) is 0 Å². The monoisotopic (exact) mass is 514 g/mol. The van der Waals surface area contributed by atoms with Gasteiger partial charge < -0.3 is 4.90 Å². The van der Waals surface area contributed by atoms with Gasteiger partial charge in [0.1, 0.15) is 11.5 Å². The van der Waals surface area contributed by atoms with E-state index < -0.39 is 31.3 Å². The fourth-order valence-electron chi connectivity index (χ4n) is 4.21. The Morgan fingerprint density at radius 1 is 0.833 bits per heavy atom. The molecule has 0 unspecified atom stereocenters. The van der Waals surface area contributed by atoms with Gasteiger partial charge in [-0.2, -0.15) is 0 Å². The Kier molecular flexibility index (Phi) is 7.27. The van der Waals surface area contributed by atoms with Gasteiger partial charge in [-0.05, 0) is 35.4 Å². The number of hydrogen-bond acceptors (Lipinski definition) is 8. The highest BCUT2D eigenvalue weighted by atomic mass is 32.2. The van der Waals surface area contributed by atoms with E-state index in [9.17, 15) is 33.0 Å². The van der Waals surface area contributed by atoms with Crippen molar-refractivity contribution < 1.29 is 22.7 Å². The number of benzene rings is 3. The second-order valence-corrected chi connectivity index (χ2v) is 10.5. The minimum Gasteiger partial charge on any atom is -0.363 e. The molecule has 0 aliphatic carbocycles. The van der Waals surface area contributed by atoms with E-state index in [0.717, 1.165) is 17.7 Å². The third-order valence-corrected chi connectivity index (χ3v) is 7.67. The fourth-order valence-corrected chi connectivity index (χ4v) is 5.56. The lowest BCUT2D eigenvalue weighted by Crippen LogP contribution is -2.46.